The Balaban J connectivity index is 2.02. The van der Waals surface area contributed by atoms with E-state index in [0.717, 1.165) is 18.6 Å². The predicted octanol–water partition coefficient (Wildman–Crippen LogP) is 2.96. The second-order valence-corrected chi connectivity index (χ2v) is 4.36. The van der Waals surface area contributed by atoms with Crippen molar-refractivity contribution in [2.24, 2.45) is 5.92 Å². The Hall–Kier alpha value is -1.77. The summed E-state index contributed by atoms with van der Waals surface area (Å²) in [5, 5.41) is 8.76. The number of methoxy groups -OCH3 is 1. The van der Waals surface area contributed by atoms with Crippen molar-refractivity contribution in [2.75, 3.05) is 7.11 Å². The summed E-state index contributed by atoms with van der Waals surface area (Å²) in [7, 11) is 1.65. The first-order valence-corrected chi connectivity index (χ1v) is 5.74. The molecule has 0 saturated heterocycles. The lowest BCUT2D eigenvalue weighted by atomic mass is 9.98. The van der Waals surface area contributed by atoms with Gasteiger partial charge in [0.1, 0.15) is 5.75 Å². The number of ether oxygens (including phenoxy) is 1. The number of rotatable bonds is 4. The summed E-state index contributed by atoms with van der Waals surface area (Å²) in [5.41, 5.74) is 2.41. The predicted molar refractivity (Wildman–Crippen MR) is 65.9 cm³/mol. The molecule has 0 saturated carbocycles. The fourth-order valence-corrected chi connectivity index (χ4v) is 2.23. The van der Waals surface area contributed by atoms with Crippen LogP contribution in [0.2, 0.25) is 0 Å². The lowest BCUT2D eigenvalue weighted by Crippen LogP contribution is -2.04. The van der Waals surface area contributed by atoms with Gasteiger partial charge in [0.05, 0.1) is 7.11 Å². The van der Waals surface area contributed by atoms with Gasteiger partial charge in [-0.05, 0) is 42.0 Å². The Bertz CT molecular complexity index is 431. The molecule has 0 amide bonds. The minimum atomic E-state index is -0.709. The average Bonchev–Trinajstić information content (AvgIpc) is 2.77. The molecule has 0 aliphatic heterocycles. The van der Waals surface area contributed by atoms with E-state index in [4.69, 9.17) is 9.84 Å². The maximum absolute atomic E-state index is 10.6. The molecule has 1 atom stereocenters. The molecule has 0 radical (unpaired) electrons. The molecule has 1 unspecified atom stereocenters. The summed E-state index contributed by atoms with van der Waals surface area (Å²) < 4.78 is 5.11. The van der Waals surface area contributed by atoms with Crippen molar-refractivity contribution in [1.82, 2.24) is 0 Å². The SMILES string of the molecule is COc1ccc(C2=CCC(CC(=O)O)C2)cc1. The van der Waals surface area contributed by atoms with Crippen molar-refractivity contribution in [3.05, 3.63) is 35.9 Å². The highest BCUT2D eigenvalue weighted by Gasteiger charge is 2.20. The number of carboxylic acid groups (broad SMARTS) is 1. The van der Waals surface area contributed by atoms with Crippen molar-refractivity contribution in [3.8, 4) is 5.75 Å². The third-order valence-electron chi connectivity index (χ3n) is 3.13. The van der Waals surface area contributed by atoms with Gasteiger partial charge in [0.25, 0.3) is 0 Å². The van der Waals surface area contributed by atoms with Crippen LogP contribution in [-0.4, -0.2) is 18.2 Å². The van der Waals surface area contributed by atoms with Gasteiger partial charge >= 0.3 is 5.97 Å². The van der Waals surface area contributed by atoms with Crippen LogP contribution in [0.4, 0.5) is 0 Å². The molecule has 0 spiro atoms. The van der Waals surface area contributed by atoms with E-state index in [1.54, 1.807) is 7.11 Å². The van der Waals surface area contributed by atoms with Crippen LogP contribution in [0.3, 0.4) is 0 Å². The molecule has 1 aromatic carbocycles. The van der Waals surface area contributed by atoms with Gasteiger partial charge in [0, 0.05) is 6.42 Å². The first kappa shape index (κ1) is 11.7. The topological polar surface area (TPSA) is 46.5 Å². The summed E-state index contributed by atoms with van der Waals surface area (Å²) in [4.78, 5) is 10.6. The molecule has 1 aliphatic carbocycles. The zero-order valence-electron chi connectivity index (χ0n) is 9.85. The van der Waals surface area contributed by atoms with Crippen molar-refractivity contribution in [3.63, 3.8) is 0 Å². The smallest absolute Gasteiger partial charge is 0.303 e. The normalized spacial score (nSPS) is 18.9. The molecular weight excluding hydrogens is 216 g/mol. The Labute approximate surface area is 101 Å². The van der Waals surface area contributed by atoms with Crippen LogP contribution >= 0.6 is 0 Å². The van der Waals surface area contributed by atoms with E-state index in [-0.39, 0.29) is 12.3 Å². The summed E-state index contributed by atoms with van der Waals surface area (Å²) in [6.45, 7) is 0. The summed E-state index contributed by atoms with van der Waals surface area (Å²) >= 11 is 0. The zero-order chi connectivity index (χ0) is 12.3. The maximum atomic E-state index is 10.6. The van der Waals surface area contributed by atoms with Crippen LogP contribution in [0, 0.1) is 5.92 Å². The number of carboxylic acids is 1. The van der Waals surface area contributed by atoms with E-state index in [1.807, 2.05) is 24.3 Å². The summed E-state index contributed by atoms with van der Waals surface area (Å²) in [6, 6.07) is 7.91. The second kappa shape index (κ2) is 5.04. The van der Waals surface area contributed by atoms with Gasteiger partial charge in [-0.2, -0.15) is 0 Å². The molecule has 1 aromatic rings. The molecule has 0 aromatic heterocycles. The highest BCUT2D eigenvalue weighted by atomic mass is 16.5. The van der Waals surface area contributed by atoms with E-state index in [9.17, 15) is 4.79 Å². The minimum absolute atomic E-state index is 0.254. The zero-order valence-corrected chi connectivity index (χ0v) is 9.85. The van der Waals surface area contributed by atoms with Crippen molar-refractivity contribution in [1.29, 1.82) is 0 Å². The molecule has 90 valence electrons. The van der Waals surface area contributed by atoms with E-state index >= 15 is 0 Å². The number of allylic oxidation sites excluding steroid dienone is 2. The largest absolute Gasteiger partial charge is 0.497 e. The average molecular weight is 232 g/mol. The fraction of sp³-hybridized carbons (Fsp3) is 0.357. The van der Waals surface area contributed by atoms with Crippen LogP contribution < -0.4 is 4.74 Å². The molecular formula is C14H16O3. The van der Waals surface area contributed by atoms with Crippen LogP contribution in [0.1, 0.15) is 24.8 Å². The van der Waals surface area contributed by atoms with Crippen LogP contribution in [0.5, 0.6) is 5.75 Å². The van der Waals surface area contributed by atoms with Gasteiger partial charge in [-0.1, -0.05) is 18.2 Å². The van der Waals surface area contributed by atoms with Crippen molar-refractivity contribution >= 4 is 11.5 Å². The van der Waals surface area contributed by atoms with Crippen LogP contribution in [0.25, 0.3) is 5.57 Å². The Morgan fingerprint density at radius 3 is 2.71 bits per heavy atom. The number of hydrogen-bond donors (Lipinski definition) is 1. The van der Waals surface area contributed by atoms with Gasteiger partial charge in [-0.3, -0.25) is 4.79 Å². The maximum Gasteiger partial charge on any atom is 0.303 e. The van der Waals surface area contributed by atoms with Crippen LogP contribution in [0.15, 0.2) is 30.3 Å². The Morgan fingerprint density at radius 1 is 1.41 bits per heavy atom. The van der Waals surface area contributed by atoms with E-state index in [1.165, 1.54) is 11.1 Å². The first-order valence-electron chi connectivity index (χ1n) is 5.74. The van der Waals surface area contributed by atoms with Crippen LogP contribution in [-0.2, 0) is 4.79 Å². The number of carbonyl (C=O) groups is 1. The minimum Gasteiger partial charge on any atom is -0.497 e. The fourth-order valence-electron chi connectivity index (χ4n) is 2.23. The summed E-state index contributed by atoms with van der Waals surface area (Å²) in [6.07, 6.45) is 4.14. The van der Waals surface area contributed by atoms with Gasteiger partial charge in [-0.25, -0.2) is 0 Å². The van der Waals surface area contributed by atoms with Crippen molar-refractivity contribution < 1.29 is 14.6 Å². The van der Waals surface area contributed by atoms with Crippen molar-refractivity contribution in [2.45, 2.75) is 19.3 Å². The van der Waals surface area contributed by atoms with E-state index in [0.29, 0.717) is 0 Å². The molecule has 17 heavy (non-hydrogen) atoms. The Morgan fingerprint density at radius 2 is 2.12 bits per heavy atom. The van der Waals surface area contributed by atoms with Gasteiger partial charge in [0.15, 0.2) is 0 Å². The molecule has 3 nitrogen and oxygen atoms in total. The molecule has 0 bridgehead atoms. The quantitative estimate of drug-likeness (QED) is 0.868. The molecule has 3 heteroatoms. The molecule has 0 heterocycles. The number of aliphatic carboxylic acids is 1. The third kappa shape index (κ3) is 2.87. The molecule has 1 aliphatic rings. The van der Waals surface area contributed by atoms with Gasteiger partial charge in [-0.15, -0.1) is 0 Å². The summed E-state index contributed by atoms with van der Waals surface area (Å²) in [5.74, 6) is 0.387. The molecule has 2 rings (SSSR count). The number of benzene rings is 1. The second-order valence-electron chi connectivity index (χ2n) is 4.36. The standard InChI is InChI=1S/C14H16O3/c1-17-13-6-4-11(5-7-13)12-3-2-10(8-12)9-14(15)16/h3-7,10H,2,8-9H2,1H3,(H,15,16). The van der Waals surface area contributed by atoms with E-state index < -0.39 is 5.97 Å². The highest BCUT2D eigenvalue weighted by Crippen LogP contribution is 2.34. The molecule has 0 fully saturated rings. The lowest BCUT2D eigenvalue weighted by molar-refractivity contribution is -0.138. The Kier molecular flexibility index (Phi) is 3.47. The van der Waals surface area contributed by atoms with E-state index in [2.05, 4.69) is 6.08 Å². The highest BCUT2D eigenvalue weighted by molar-refractivity contribution is 5.71. The number of hydrogen-bond acceptors (Lipinski definition) is 2. The molecule has 1 N–H and O–H groups in total. The third-order valence-corrected chi connectivity index (χ3v) is 3.13. The lowest BCUT2D eigenvalue weighted by Gasteiger charge is -2.08. The first-order chi connectivity index (χ1) is 8.19. The monoisotopic (exact) mass is 232 g/mol. The van der Waals surface area contributed by atoms with Gasteiger partial charge in [0.2, 0.25) is 0 Å². The van der Waals surface area contributed by atoms with Gasteiger partial charge < -0.3 is 9.84 Å².